The first-order chi connectivity index (χ1) is 7.88. The van der Waals surface area contributed by atoms with Crippen molar-refractivity contribution in [2.24, 2.45) is 0 Å². The van der Waals surface area contributed by atoms with Crippen LogP contribution in [0.4, 0.5) is 0 Å². The Kier molecular flexibility index (Phi) is 3.60. The largest absolute Gasteiger partial charge is 0.310 e. The highest BCUT2D eigenvalue weighted by atomic mass is 32.1. The second-order valence-corrected chi connectivity index (χ2v) is 7.50. The van der Waals surface area contributed by atoms with Crippen LogP contribution in [-0.4, -0.2) is 11.0 Å². The van der Waals surface area contributed by atoms with Gasteiger partial charge in [0.05, 0.1) is 10.7 Å². The zero-order chi connectivity index (χ0) is 12.6. The van der Waals surface area contributed by atoms with Crippen LogP contribution in [0, 0.1) is 0 Å². The van der Waals surface area contributed by atoms with E-state index in [4.69, 9.17) is 4.98 Å². The molecule has 1 aliphatic rings. The molecular weight excluding hydrogens is 228 g/mol. The van der Waals surface area contributed by atoms with Gasteiger partial charge < -0.3 is 5.32 Å². The molecule has 1 aromatic rings. The molecule has 0 radical (unpaired) electrons. The van der Waals surface area contributed by atoms with Crippen LogP contribution in [0.25, 0.3) is 0 Å². The van der Waals surface area contributed by atoms with Gasteiger partial charge in [0, 0.05) is 28.8 Å². The molecule has 0 spiro atoms. The van der Waals surface area contributed by atoms with E-state index in [0.29, 0.717) is 6.04 Å². The summed E-state index contributed by atoms with van der Waals surface area (Å²) in [6.07, 6.45) is 2.68. The van der Waals surface area contributed by atoms with Crippen molar-refractivity contribution in [3.63, 3.8) is 0 Å². The van der Waals surface area contributed by atoms with Gasteiger partial charge in [-0.1, -0.05) is 34.6 Å². The highest BCUT2D eigenvalue weighted by Gasteiger charge is 2.31. The lowest BCUT2D eigenvalue weighted by molar-refractivity contribution is 0.545. The molecule has 1 aliphatic carbocycles. The predicted molar refractivity (Wildman–Crippen MR) is 74.8 cm³/mol. The Morgan fingerprint density at radius 2 is 2.00 bits per heavy atom. The minimum Gasteiger partial charge on any atom is -0.310 e. The lowest BCUT2D eigenvalue weighted by Crippen LogP contribution is -2.23. The van der Waals surface area contributed by atoms with Gasteiger partial charge >= 0.3 is 0 Å². The molecule has 2 nitrogen and oxygen atoms in total. The van der Waals surface area contributed by atoms with Crippen LogP contribution in [0.15, 0.2) is 0 Å². The molecule has 0 amide bonds. The number of thiazole rings is 1. The van der Waals surface area contributed by atoms with Crippen molar-refractivity contribution >= 4 is 11.3 Å². The molecule has 0 aromatic carbocycles. The van der Waals surface area contributed by atoms with Crippen LogP contribution < -0.4 is 5.32 Å². The van der Waals surface area contributed by atoms with Gasteiger partial charge in [0.15, 0.2) is 0 Å². The van der Waals surface area contributed by atoms with E-state index < -0.39 is 0 Å². The van der Waals surface area contributed by atoms with E-state index in [1.54, 1.807) is 0 Å². The number of nitrogens with one attached hydrogen (secondary N) is 1. The lowest BCUT2D eigenvalue weighted by atomic mass is 9.91. The number of rotatable bonds is 4. The minimum atomic E-state index is 0.164. The average Bonchev–Trinajstić information content (AvgIpc) is 2.94. The lowest BCUT2D eigenvalue weighted by Gasteiger charge is -2.18. The Bertz CT molecular complexity index is 383. The van der Waals surface area contributed by atoms with Crippen LogP contribution in [0.1, 0.15) is 69.0 Å². The SMILES string of the molecule is CC(C)NCc1sc(C2CC2)nc1C(C)(C)C. The molecule has 0 aliphatic heterocycles. The molecule has 0 atom stereocenters. The van der Waals surface area contributed by atoms with Gasteiger partial charge in [0.2, 0.25) is 0 Å². The van der Waals surface area contributed by atoms with Gasteiger partial charge in [-0.3, -0.25) is 0 Å². The third-order valence-electron chi connectivity index (χ3n) is 3.02. The summed E-state index contributed by atoms with van der Waals surface area (Å²) in [5.41, 5.74) is 1.47. The fourth-order valence-electron chi connectivity index (χ4n) is 1.88. The van der Waals surface area contributed by atoms with Gasteiger partial charge in [-0.15, -0.1) is 11.3 Å². The fourth-order valence-corrected chi connectivity index (χ4v) is 3.27. The van der Waals surface area contributed by atoms with Gasteiger partial charge in [-0.2, -0.15) is 0 Å². The molecule has 1 saturated carbocycles. The summed E-state index contributed by atoms with van der Waals surface area (Å²) in [4.78, 5) is 6.34. The first kappa shape index (κ1) is 13.0. The van der Waals surface area contributed by atoms with Crippen molar-refractivity contribution in [2.75, 3.05) is 0 Å². The number of hydrogen-bond donors (Lipinski definition) is 1. The summed E-state index contributed by atoms with van der Waals surface area (Å²) in [6, 6.07) is 0.536. The van der Waals surface area contributed by atoms with Crippen molar-refractivity contribution in [3.8, 4) is 0 Å². The summed E-state index contributed by atoms with van der Waals surface area (Å²) < 4.78 is 0. The minimum absolute atomic E-state index is 0.164. The van der Waals surface area contributed by atoms with E-state index in [-0.39, 0.29) is 5.41 Å². The molecule has 1 fully saturated rings. The number of aromatic nitrogens is 1. The summed E-state index contributed by atoms with van der Waals surface area (Å²) in [5, 5.41) is 4.89. The molecule has 17 heavy (non-hydrogen) atoms. The summed E-state index contributed by atoms with van der Waals surface area (Å²) >= 11 is 1.93. The highest BCUT2D eigenvalue weighted by molar-refractivity contribution is 7.11. The fraction of sp³-hybridized carbons (Fsp3) is 0.786. The van der Waals surface area contributed by atoms with E-state index in [1.807, 2.05) is 11.3 Å². The third-order valence-corrected chi connectivity index (χ3v) is 4.24. The summed E-state index contributed by atoms with van der Waals surface area (Å²) in [5.74, 6) is 0.772. The Labute approximate surface area is 109 Å². The Morgan fingerprint density at radius 1 is 1.35 bits per heavy atom. The van der Waals surface area contributed by atoms with Crippen molar-refractivity contribution < 1.29 is 0 Å². The van der Waals surface area contributed by atoms with Gasteiger partial charge in [0.1, 0.15) is 0 Å². The number of hydrogen-bond acceptors (Lipinski definition) is 3. The molecule has 0 unspecified atom stereocenters. The van der Waals surface area contributed by atoms with Crippen molar-refractivity contribution in [1.29, 1.82) is 0 Å². The van der Waals surface area contributed by atoms with Crippen molar-refractivity contribution in [2.45, 2.75) is 71.4 Å². The Balaban J connectivity index is 2.21. The van der Waals surface area contributed by atoms with Gasteiger partial charge in [0.25, 0.3) is 0 Å². The maximum absolute atomic E-state index is 4.90. The molecule has 96 valence electrons. The van der Waals surface area contributed by atoms with E-state index >= 15 is 0 Å². The van der Waals surface area contributed by atoms with Crippen LogP contribution in [-0.2, 0) is 12.0 Å². The summed E-state index contributed by atoms with van der Waals surface area (Å²) in [7, 11) is 0. The normalized spacial score (nSPS) is 16.8. The molecule has 1 N–H and O–H groups in total. The zero-order valence-corrected chi connectivity index (χ0v) is 12.4. The van der Waals surface area contributed by atoms with Crippen LogP contribution in [0.5, 0.6) is 0 Å². The standard InChI is InChI=1S/C14H24N2S/c1-9(2)15-8-11-12(14(3,4)5)16-13(17-11)10-6-7-10/h9-10,15H,6-8H2,1-5H3. The molecule has 0 bridgehead atoms. The predicted octanol–water partition coefficient (Wildman–Crippen LogP) is 3.82. The molecule has 2 rings (SSSR count). The summed E-state index contributed by atoms with van der Waals surface area (Å²) in [6.45, 7) is 12.1. The quantitative estimate of drug-likeness (QED) is 0.881. The number of nitrogens with zero attached hydrogens (tertiary/aromatic N) is 1. The second-order valence-electron chi connectivity index (χ2n) is 6.38. The molecule has 1 aromatic heterocycles. The smallest absolute Gasteiger partial charge is 0.0962 e. The van der Waals surface area contributed by atoms with Crippen LogP contribution in [0.3, 0.4) is 0 Å². The molecule has 1 heterocycles. The van der Waals surface area contributed by atoms with Crippen molar-refractivity contribution in [1.82, 2.24) is 10.3 Å². The van der Waals surface area contributed by atoms with Gasteiger partial charge in [-0.05, 0) is 12.8 Å². The van der Waals surface area contributed by atoms with Gasteiger partial charge in [-0.25, -0.2) is 4.98 Å². The monoisotopic (exact) mass is 252 g/mol. The van der Waals surface area contributed by atoms with Crippen LogP contribution >= 0.6 is 11.3 Å². The Hall–Kier alpha value is -0.410. The zero-order valence-electron chi connectivity index (χ0n) is 11.6. The topological polar surface area (TPSA) is 24.9 Å². The third kappa shape index (κ3) is 3.29. The maximum Gasteiger partial charge on any atom is 0.0962 e. The van der Waals surface area contributed by atoms with E-state index in [2.05, 4.69) is 39.9 Å². The first-order valence-corrected chi connectivity index (χ1v) is 7.43. The van der Waals surface area contributed by atoms with E-state index in [0.717, 1.165) is 12.5 Å². The second kappa shape index (κ2) is 4.69. The molecule has 0 saturated heterocycles. The highest BCUT2D eigenvalue weighted by Crippen LogP contribution is 2.44. The average molecular weight is 252 g/mol. The maximum atomic E-state index is 4.90. The Morgan fingerprint density at radius 3 is 2.47 bits per heavy atom. The first-order valence-electron chi connectivity index (χ1n) is 6.61. The molecular formula is C14H24N2S. The van der Waals surface area contributed by atoms with Crippen LogP contribution in [0.2, 0.25) is 0 Å². The van der Waals surface area contributed by atoms with E-state index in [9.17, 15) is 0 Å². The molecule has 3 heteroatoms. The van der Waals surface area contributed by atoms with Crippen molar-refractivity contribution in [3.05, 3.63) is 15.6 Å². The van der Waals surface area contributed by atoms with E-state index in [1.165, 1.54) is 28.4 Å².